The summed E-state index contributed by atoms with van der Waals surface area (Å²) in [7, 11) is 0. The fourth-order valence-corrected chi connectivity index (χ4v) is 3.93. The van der Waals surface area contributed by atoms with E-state index in [0.29, 0.717) is 10.4 Å². The zero-order valence-corrected chi connectivity index (χ0v) is 15.5. The topological polar surface area (TPSA) is 24.5 Å². The molecule has 1 aliphatic heterocycles. The van der Waals surface area contributed by atoms with E-state index in [4.69, 9.17) is 0 Å². The van der Waals surface area contributed by atoms with Crippen LogP contribution in [0.4, 0.5) is 13.2 Å². The minimum absolute atomic E-state index is 0. The molecule has 0 radical (unpaired) electrons. The van der Waals surface area contributed by atoms with Gasteiger partial charge in [-0.25, -0.2) is 0 Å². The Morgan fingerprint density at radius 2 is 1.83 bits per heavy atom. The molecule has 1 aromatic carbocycles. The maximum Gasteiger partial charge on any atom is 0.573 e. The first-order valence-electron chi connectivity index (χ1n) is 7.93. The lowest BCUT2D eigenvalue weighted by Crippen LogP contribution is -2.47. The van der Waals surface area contributed by atoms with Crippen LogP contribution in [-0.2, 0) is 0 Å². The van der Waals surface area contributed by atoms with Gasteiger partial charge in [0.1, 0.15) is 5.75 Å². The second kappa shape index (κ2) is 8.25. The van der Waals surface area contributed by atoms with Gasteiger partial charge in [-0.1, -0.05) is 22.4 Å². The van der Waals surface area contributed by atoms with Crippen molar-refractivity contribution in [3.05, 3.63) is 28.2 Å². The molecule has 0 spiro atoms. The average molecular weight is 430 g/mol. The molecule has 0 aromatic heterocycles. The lowest BCUT2D eigenvalue weighted by Gasteiger charge is -2.43. The summed E-state index contributed by atoms with van der Waals surface area (Å²) in [5.74, 6) is 0.363. The van der Waals surface area contributed by atoms with Crippen LogP contribution in [0.2, 0.25) is 0 Å². The normalized spacial score (nSPS) is 20.8. The molecule has 1 atom stereocenters. The number of hydrogen-bond donors (Lipinski definition) is 1. The molecule has 0 bridgehead atoms. The maximum atomic E-state index is 12.5. The first-order valence-corrected chi connectivity index (χ1v) is 8.73. The van der Waals surface area contributed by atoms with Crippen LogP contribution in [0.5, 0.6) is 5.75 Å². The summed E-state index contributed by atoms with van der Waals surface area (Å²) < 4.78 is 42.4. The summed E-state index contributed by atoms with van der Waals surface area (Å²) in [5.41, 5.74) is 0.908. The Morgan fingerprint density at radius 1 is 1.17 bits per heavy atom. The molecule has 3 rings (SSSR count). The van der Waals surface area contributed by atoms with Gasteiger partial charge in [0, 0.05) is 36.7 Å². The van der Waals surface area contributed by atoms with Crippen LogP contribution in [0.3, 0.4) is 0 Å². The molecule has 1 saturated heterocycles. The lowest BCUT2D eigenvalue weighted by molar-refractivity contribution is -0.274. The van der Waals surface area contributed by atoms with Crippen LogP contribution < -0.4 is 10.1 Å². The Balaban J connectivity index is 0.00000208. The van der Waals surface area contributed by atoms with E-state index in [-0.39, 0.29) is 24.2 Å². The Kier molecular flexibility index (Phi) is 6.82. The van der Waals surface area contributed by atoms with Gasteiger partial charge in [0.15, 0.2) is 0 Å². The predicted octanol–water partition coefficient (Wildman–Crippen LogP) is 4.52. The van der Waals surface area contributed by atoms with Crippen molar-refractivity contribution in [3.8, 4) is 5.75 Å². The zero-order valence-electron chi connectivity index (χ0n) is 13.1. The summed E-state index contributed by atoms with van der Waals surface area (Å²) in [4.78, 5) is 2.39. The van der Waals surface area contributed by atoms with E-state index >= 15 is 0 Å². The minimum atomic E-state index is -4.67. The Morgan fingerprint density at radius 3 is 2.38 bits per heavy atom. The van der Waals surface area contributed by atoms with E-state index in [1.54, 1.807) is 6.07 Å². The van der Waals surface area contributed by atoms with E-state index in [1.807, 2.05) is 6.07 Å². The van der Waals surface area contributed by atoms with Crippen molar-refractivity contribution in [2.75, 3.05) is 26.2 Å². The molecule has 1 aliphatic carbocycles. The second-order valence-electron chi connectivity index (χ2n) is 6.19. The standard InChI is InChI=1S/C16H20BrF3N2O.ClH/c17-13-8-12(9-14(10-13)23-16(18,19)20)15(11-2-1-3-11)22-6-4-21-5-7-22;/h8-11,15,21H,1-7H2;1H/t15-;/m0./s1. The van der Waals surface area contributed by atoms with Gasteiger partial charge < -0.3 is 10.1 Å². The van der Waals surface area contributed by atoms with Crippen LogP contribution in [0.1, 0.15) is 30.9 Å². The van der Waals surface area contributed by atoms with Gasteiger partial charge >= 0.3 is 6.36 Å². The van der Waals surface area contributed by atoms with Crippen LogP contribution in [-0.4, -0.2) is 37.4 Å². The third-order valence-corrected chi connectivity index (χ3v) is 5.07. The minimum Gasteiger partial charge on any atom is -0.406 e. The van der Waals surface area contributed by atoms with Crippen molar-refractivity contribution < 1.29 is 17.9 Å². The molecular weight excluding hydrogens is 409 g/mol. The van der Waals surface area contributed by atoms with Crippen molar-refractivity contribution in [2.45, 2.75) is 31.7 Å². The molecule has 2 fully saturated rings. The highest BCUT2D eigenvalue weighted by molar-refractivity contribution is 9.10. The van der Waals surface area contributed by atoms with E-state index in [2.05, 4.69) is 30.9 Å². The third kappa shape index (κ3) is 5.00. The highest BCUT2D eigenvalue weighted by atomic mass is 79.9. The fourth-order valence-electron chi connectivity index (χ4n) is 3.44. The molecule has 0 amide bonds. The van der Waals surface area contributed by atoms with Crippen molar-refractivity contribution in [3.63, 3.8) is 0 Å². The maximum absolute atomic E-state index is 12.5. The molecule has 1 saturated carbocycles. The Hall–Kier alpha value is -0.500. The number of ether oxygens (including phenoxy) is 1. The van der Waals surface area contributed by atoms with Gasteiger partial charge in [-0.3, -0.25) is 4.90 Å². The van der Waals surface area contributed by atoms with Gasteiger partial charge in [-0.05, 0) is 42.5 Å². The number of hydrogen-bond acceptors (Lipinski definition) is 3. The number of benzene rings is 1. The highest BCUT2D eigenvalue weighted by Crippen LogP contribution is 2.43. The average Bonchev–Trinajstić information content (AvgIpc) is 2.41. The zero-order chi connectivity index (χ0) is 16.4. The summed E-state index contributed by atoms with van der Waals surface area (Å²) in [6, 6.07) is 5.00. The summed E-state index contributed by atoms with van der Waals surface area (Å²) in [6.07, 6.45) is -1.20. The Bertz CT molecular complexity index is 549. The van der Waals surface area contributed by atoms with E-state index in [0.717, 1.165) is 44.6 Å². The van der Waals surface area contributed by atoms with Gasteiger partial charge in [0.2, 0.25) is 0 Å². The van der Waals surface area contributed by atoms with Crippen LogP contribution >= 0.6 is 28.3 Å². The lowest BCUT2D eigenvalue weighted by atomic mass is 9.76. The van der Waals surface area contributed by atoms with Gasteiger partial charge in [-0.2, -0.15) is 0 Å². The van der Waals surface area contributed by atoms with E-state index in [1.165, 1.54) is 12.5 Å². The number of halogens is 5. The van der Waals surface area contributed by atoms with Crippen molar-refractivity contribution in [2.24, 2.45) is 5.92 Å². The number of alkyl halides is 3. The Labute approximate surface area is 154 Å². The number of nitrogens with one attached hydrogen (secondary N) is 1. The quantitative estimate of drug-likeness (QED) is 0.762. The monoisotopic (exact) mass is 428 g/mol. The van der Waals surface area contributed by atoms with Gasteiger partial charge in [0.05, 0.1) is 0 Å². The molecule has 3 nitrogen and oxygen atoms in total. The van der Waals surface area contributed by atoms with Crippen molar-refractivity contribution >= 4 is 28.3 Å². The number of piperazine rings is 1. The van der Waals surface area contributed by atoms with Crippen molar-refractivity contribution in [1.82, 2.24) is 10.2 Å². The largest absolute Gasteiger partial charge is 0.573 e. The summed E-state index contributed by atoms with van der Waals surface area (Å²) in [5, 5.41) is 3.33. The van der Waals surface area contributed by atoms with Crippen molar-refractivity contribution in [1.29, 1.82) is 0 Å². The number of nitrogens with zero attached hydrogens (tertiary/aromatic N) is 1. The molecular formula is C16H21BrClF3N2O. The van der Waals surface area contributed by atoms with Gasteiger partial charge in [-0.15, -0.1) is 25.6 Å². The smallest absolute Gasteiger partial charge is 0.406 e. The molecule has 24 heavy (non-hydrogen) atoms. The summed E-state index contributed by atoms with van der Waals surface area (Å²) >= 11 is 3.32. The second-order valence-corrected chi connectivity index (χ2v) is 7.11. The third-order valence-electron chi connectivity index (χ3n) is 4.61. The first kappa shape index (κ1) is 19.8. The van der Waals surface area contributed by atoms with Crippen LogP contribution in [0.25, 0.3) is 0 Å². The van der Waals surface area contributed by atoms with E-state index < -0.39 is 6.36 Å². The SMILES string of the molecule is Cl.FC(F)(F)Oc1cc(Br)cc([C@H](C2CCC2)N2CCNCC2)c1. The fraction of sp³-hybridized carbons (Fsp3) is 0.625. The predicted molar refractivity (Wildman–Crippen MR) is 92.6 cm³/mol. The van der Waals surface area contributed by atoms with Crippen LogP contribution in [0, 0.1) is 5.92 Å². The molecule has 8 heteroatoms. The molecule has 0 unspecified atom stereocenters. The first-order chi connectivity index (χ1) is 10.9. The molecule has 2 aliphatic rings. The molecule has 1 heterocycles. The molecule has 136 valence electrons. The molecule has 1 aromatic rings. The van der Waals surface area contributed by atoms with Crippen LogP contribution in [0.15, 0.2) is 22.7 Å². The van der Waals surface area contributed by atoms with Gasteiger partial charge in [0.25, 0.3) is 0 Å². The van der Waals surface area contributed by atoms with E-state index in [9.17, 15) is 13.2 Å². The number of rotatable bonds is 4. The highest BCUT2D eigenvalue weighted by Gasteiger charge is 2.35. The molecule has 1 N–H and O–H groups in total. The summed E-state index contributed by atoms with van der Waals surface area (Å²) in [6.45, 7) is 3.68.